The second kappa shape index (κ2) is 9.95. The first-order valence-corrected chi connectivity index (χ1v) is 8.01. The van der Waals surface area contributed by atoms with Crippen molar-refractivity contribution in [3.05, 3.63) is 35.9 Å². The summed E-state index contributed by atoms with van der Waals surface area (Å²) in [5, 5.41) is 10.5. The van der Waals surface area contributed by atoms with Gasteiger partial charge in [-0.3, -0.25) is 0 Å². The van der Waals surface area contributed by atoms with Crippen LogP contribution in [0.2, 0.25) is 0 Å². The fourth-order valence-electron chi connectivity index (χ4n) is 2.41. The van der Waals surface area contributed by atoms with Gasteiger partial charge in [-0.25, -0.2) is 0 Å². The quantitative estimate of drug-likeness (QED) is 0.627. The lowest BCUT2D eigenvalue weighted by Crippen LogP contribution is -2.28. The van der Waals surface area contributed by atoms with E-state index in [0.717, 1.165) is 18.6 Å². The molecule has 1 aromatic carbocycles. The number of hydrogen-bond acceptors (Lipinski definition) is 2. The minimum atomic E-state index is -0.535. The van der Waals surface area contributed by atoms with Crippen molar-refractivity contribution in [3.8, 4) is 0 Å². The molecule has 1 N–H and O–H groups in total. The minimum absolute atomic E-state index is 0.122. The molecule has 0 spiro atoms. The maximum atomic E-state index is 10.5. The smallest absolute Gasteiger partial charge is 0.105 e. The Kier molecular flexibility index (Phi) is 8.56. The van der Waals surface area contributed by atoms with Crippen LogP contribution >= 0.6 is 0 Å². The van der Waals surface area contributed by atoms with Crippen molar-refractivity contribution >= 4 is 0 Å². The molecule has 0 aliphatic heterocycles. The van der Waals surface area contributed by atoms with Gasteiger partial charge in [-0.05, 0) is 17.9 Å². The third kappa shape index (κ3) is 6.06. The van der Waals surface area contributed by atoms with Crippen molar-refractivity contribution in [1.82, 2.24) is 0 Å². The monoisotopic (exact) mass is 278 g/mol. The maximum absolute atomic E-state index is 10.5. The van der Waals surface area contributed by atoms with Crippen LogP contribution in [0, 0.1) is 5.92 Å². The van der Waals surface area contributed by atoms with Gasteiger partial charge in [-0.1, -0.05) is 76.8 Å². The van der Waals surface area contributed by atoms with Gasteiger partial charge in [0.2, 0.25) is 0 Å². The third-order valence-electron chi connectivity index (χ3n) is 3.67. The van der Waals surface area contributed by atoms with Gasteiger partial charge in [0.05, 0.1) is 6.10 Å². The normalized spacial score (nSPS) is 14.4. The molecule has 0 fully saturated rings. The van der Waals surface area contributed by atoms with Crippen LogP contribution in [0.15, 0.2) is 30.3 Å². The van der Waals surface area contributed by atoms with Gasteiger partial charge in [0.15, 0.2) is 0 Å². The van der Waals surface area contributed by atoms with Crippen molar-refractivity contribution in [2.75, 3.05) is 6.61 Å². The van der Waals surface area contributed by atoms with Crippen molar-refractivity contribution in [2.45, 2.75) is 65.1 Å². The van der Waals surface area contributed by atoms with Gasteiger partial charge in [0.1, 0.15) is 6.10 Å². The standard InChI is InChI=1S/C18H30O2/c1-4-5-6-7-11-14-20-18(15(2)3)17(19)16-12-9-8-10-13-16/h8-10,12-13,15,17-19H,4-7,11,14H2,1-3H3. The Morgan fingerprint density at radius 1 is 1.00 bits per heavy atom. The van der Waals surface area contributed by atoms with Gasteiger partial charge in [0.25, 0.3) is 0 Å². The summed E-state index contributed by atoms with van der Waals surface area (Å²) >= 11 is 0. The summed E-state index contributed by atoms with van der Waals surface area (Å²) in [4.78, 5) is 0. The zero-order valence-electron chi connectivity index (χ0n) is 13.2. The lowest BCUT2D eigenvalue weighted by molar-refractivity contribution is -0.0640. The number of benzene rings is 1. The van der Waals surface area contributed by atoms with Gasteiger partial charge in [0, 0.05) is 6.61 Å². The molecule has 0 aromatic heterocycles. The lowest BCUT2D eigenvalue weighted by atomic mass is 9.96. The molecule has 0 bridgehead atoms. The van der Waals surface area contributed by atoms with E-state index in [1.54, 1.807) is 0 Å². The first-order valence-electron chi connectivity index (χ1n) is 8.01. The highest BCUT2D eigenvalue weighted by atomic mass is 16.5. The summed E-state index contributed by atoms with van der Waals surface area (Å²) in [7, 11) is 0. The molecule has 1 aromatic rings. The summed E-state index contributed by atoms with van der Waals surface area (Å²) in [6.07, 6.45) is 5.51. The molecule has 0 aliphatic carbocycles. The average Bonchev–Trinajstić information content (AvgIpc) is 2.46. The van der Waals surface area contributed by atoms with Crippen molar-refractivity contribution in [2.24, 2.45) is 5.92 Å². The number of unbranched alkanes of at least 4 members (excludes halogenated alkanes) is 4. The largest absolute Gasteiger partial charge is 0.386 e. The van der Waals surface area contributed by atoms with Crippen LogP contribution in [0.5, 0.6) is 0 Å². The minimum Gasteiger partial charge on any atom is -0.386 e. The number of aliphatic hydroxyl groups excluding tert-OH is 1. The molecule has 0 radical (unpaired) electrons. The molecular weight excluding hydrogens is 248 g/mol. The molecule has 2 heteroatoms. The van der Waals surface area contributed by atoms with E-state index in [9.17, 15) is 5.11 Å². The van der Waals surface area contributed by atoms with Crippen LogP contribution < -0.4 is 0 Å². The first-order chi connectivity index (χ1) is 9.66. The second-order valence-electron chi connectivity index (χ2n) is 5.85. The summed E-state index contributed by atoms with van der Waals surface area (Å²) in [5.41, 5.74) is 0.942. The van der Waals surface area contributed by atoms with Crippen LogP contribution in [0.25, 0.3) is 0 Å². The molecule has 0 heterocycles. The first kappa shape index (κ1) is 17.2. The van der Waals surface area contributed by atoms with Gasteiger partial charge >= 0.3 is 0 Å². The average molecular weight is 278 g/mol. The summed E-state index contributed by atoms with van der Waals surface area (Å²) in [5.74, 6) is 0.306. The maximum Gasteiger partial charge on any atom is 0.105 e. The van der Waals surface area contributed by atoms with Crippen molar-refractivity contribution in [1.29, 1.82) is 0 Å². The fraction of sp³-hybridized carbons (Fsp3) is 0.667. The summed E-state index contributed by atoms with van der Waals surface area (Å²) < 4.78 is 5.95. The van der Waals surface area contributed by atoms with E-state index in [0.29, 0.717) is 5.92 Å². The topological polar surface area (TPSA) is 29.5 Å². The zero-order valence-corrected chi connectivity index (χ0v) is 13.2. The van der Waals surface area contributed by atoms with Crippen LogP contribution in [0.1, 0.15) is 64.5 Å². The van der Waals surface area contributed by atoms with Crippen molar-refractivity contribution in [3.63, 3.8) is 0 Å². The highest BCUT2D eigenvalue weighted by Gasteiger charge is 2.24. The van der Waals surface area contributed by atoms with E-state index in [2.05, 4.69) is 20.8 Å². The molecule has 2 nitrogen and oxygen atoms in total. The fourth-order valence-corrected chi connectivity index (χ4v) is 2.41. The Balaban J connectivity index is 2.40. The molecule has 0 saturated carbocycles. The van der Waals surface area contributed by atoms with Crippen LogP contribution in [-0.4, -0.2) is 17.8 Å². The SMILES string of the molecule is CCCCCCCOC(C(C)C)C(O)c1ccccc1. The Morgan fingerprint density at radius 2 is 1.65 bits per heavy atom. The van der Waals surface area contributed by atoms with Crippen LogP contribution in [-0.2, 0) is 4.74 Å². The molecule has 2 unspecified atom stereocenters. The second-order valence-corrected chi connectivity index (χ2v) is 5.85. The predicted octanol–water partition coefficient (Wildman–Crippen LogP) is 4.73. The Labute approximate surface area is 124 Å². The molecule has 0 aliphatic rings. The molecule has 114 valence electrons. The van der Waals surface area contributed by atoms with Crippen LogP contribution in [0.4, 0.5) is 0 Å². The van der Waals surface area contributed by atoms with E-state index >= 15 is 0 Å². The number of aliphatic hydroxyl groups is 1. The van der Waals surface area contributed by atoms with Crippen molar-refractivity contribution < 1.29 is 9.84 Å². The van der Waals surface area contributed by atoms with E-state index in [4.69, 9.17) is 4.74 Å². The lowest BCUT2D eigenvalue weighted by Gasteiger charge is -2.27. The zero-order chi connectivity index (χ0) is 14.8. The summed E-state index contributed by atoms with van der Waals surface area (Å²) in [6.45, 7) is 7.18. The predicted molar refractivity (Wildman–Crippen MR) is 84.7 cm³/mol. The molecule has 1 rings (SSSR count). The van der Waals surface area contributed by atoms with Gasteiger partial charge < -0.3 is 9.84 Å². The molecule has 0 amide bonds. The van der Waals surface area contributed by atoms with Gasteiger partial charge in [-0.2, -0.15) is 0 Å². The number of rotatable bonds is 10. The van der Waals surface area contributed by atoms with Gasteiger partial charge in [-0.15, -0.1) is 0 Å². The summed E-state index contributed by atoms with van der Waals surface area (Å²) in [6, 6.07) is 9.81. The molecule has 2 atom stereocenters. The highest BCUT2D eigenvalue weighted by Crippen LogP contribution is 2.24. The molecular formula is C18H30O2. The van der Waals surface area contributed by atoms with E-state index in [-0.39, 0.29) is 6.10 Å². The number of ether oxygens (including phenoxy) is 1. The highest BCUT2D eigenvalue weighted by molar-refractivity contribution is 5.18. The third-order valence-corrected chi connectivity index (χ3v) is 3.67. The van der Waals surface area contributed by atoms with Crippen LogP contribution in [0.3, 0.4) is 0 Å². The number of hydrogen-bond donors (Lipinski definition) is 1. The van der Waals surface area contributed by atoms with E-state index in [1.165, 1.54) is 25.7 Å². The Bertz CT molecular complexity index is 335. The van der Waals surface area contributed by atoms with E-state index in [1.807, 2.05) is 30.3 Å². The Hall–Kier alpha value is -0.860. The molecule has 20 heavy (non-hydrogen) atoms. The molecule has 0 saturated heterocycles. The van der Waals surface area contributed by atoms with E-state index < -0.39 is 6.10 Å². The Morgan fingerprint density at radius 3 is 2.25 bits per heavy atom.